The van der Waals surface area contributed by atoms with E-state index in [1.807, 2.05) is 0 Å². The zero-order valence-electron chi connectivity index (χ0n) is 5.43. The van der Waals surface area contributed by atoms with E-state index in [4.69, 9.17) is 14.6 Å². The molecule has 0 saturated carbocycles. The molecule has 0 radical (unpaired) electrons. The van der Waals surface area contributed by atoms with E-state index in [1.54, 1.807) is 0 Å². The Morgan fingerprint density at radius 1 is 1.10 bits per heavy atom. The third kappa shape index (κ3) is 0.769. The van der Waals surface area contributed by atoms with Crippen LogP contribution in [0.25, 0.3) is 0 Å². The first-order valence-corrected chi connectivity index (χ1v) is 3.38. The summed E-state index contributed by atoms with van der Waals surface area (Å²) in [5, 5.41) is 18.3. The lowest BCUT2D eigenvalue weighted by Gasteiger charge is -2.08. The number of ether oxygens (including phenoxy) is 2. The van der Waals surface area contributed by atoms with Crippen LogP contribution in [0.5, 0.6) is 0 Å². The van der Waals surface area contributed by atoms with Crippen LogP contribution in [0.1, 0.15) is 0 Å². The first-order chi connectivity index (χ1) is 4.79. The third-order valence-corrected chi connectivity index (χ3v) is 2.12. The van der Waals surface area contributed by atoms with Gasteiger partial charge in [0.05, 0.1) is 19.3 Å². The second-order valence-electron chi connectivity index (χ2n) is 2.75. The summed E-state index contributed by atoms with van der Waals surface area (Å²) in [4.78, 5) is 0. The van der Waals surface area contributed by atoms with Crippen LogP contribution in [-0.4, -0.2) is 41.9 Å². The van der Waals surface area contributed by atoms with Gasteiger partial charge in [0.25, 0.3) is 0 Å². The Kier molecular flexibility index (Phi) is 1.42. The smallest absolute Gasteiger partial charge is 0.181 e. The Bertz CT molecular complexity index is 122. The molecular formula is C6H10O4. The van der Waals surface area contributed by atoms with Crippen LogP contribution < -0.4 is 0 Å². The minimum atomic E-state index is -0.831. The van der Waals surface area contributed by atoms with Crippen molar-refractivity contribution in [2.45, 2.75) is 18.5 Å². The molecule has 0 aliphatic carbocycles. The van der Waals surface area contributed by atoms with Gasteiger partial charge in [-0.05, 0) is 0 Å². The molecule has 2 aliphatic heterocycles. The summed E-state index contributed by atoms with van der Waals surface area (Å²) < 4.78 is 9.94. The first-order valence-electron chi connectivity index (χ1n) is 3.38. The van der Waals surface area contributed by atoms with Gasteiger partial charge in [0.2, 0.25) is 0 Å². The monoisotopic (exact) mass is 146 g/mol. The van der Waals surface area contributed by atoms with Gasteiger partial charge in [-0.15, -0.1) is 0 Å². The Labute approximate surface area is 58.4 Å². The summed E-state index contributed by atoms with van der Waals surface area (Å²) in [7, 11) is 0. The predicted molar refractivity (Wildman–Crippen MR) is 31.2 cm³/mol. The number of aliphatic hydroxyl groups excluding tert-OH is 2. The Hall–Kier alpha value is -0.160. The fourth-order valence-corrected chi connectivity index (χ4v) is 1.48. The summed E-state index contributed by atoms with van der Waals surface area (Å²) >= 11 is 0. The van der Waals surface area contributed by atoms with Crippen LogP contribution in [0.4, 0.5) is 0 Å². The van der Waals surface area contributed by atoms with E-state index >= 15 is 0 Å². The third-order valence-electron chi connectivity index (χ3n) is 2.12. The van der Waals surface area contributed by atoms with Crippen LogP contribution in [-0.2, 0) is 9.47 Å². The molecule has 2 N–H and O–H groups in total. The van der Waals surface area contributed by atoms with Crippen molar-refractivity contribution < 1.29 is 19.7 Å². The highest BCUT2D eigenvalue weighted by atomic mass is 16.6. The predicted octanol–water partition coefficient (Wildman–Crippen LogP) is -1.29. The van der Waals surface area contributed by atoms with Gasteiger partial charge < -0.3 is 19.7 Å². The molecule has 0 bridgehead atoms. The van der Waals surface area contributed by atoms with E-state index in [0.29, 0.717) is 13.2 Å². The van der Waals surface area contributed by atoms with Crippen LogP contribution in [0.15, 0.2) is 0 Å². The van der Waals surface area contributed by atoms with Crippen molar-refractivity contribution in [1.29, 1.82) is 0 Å². The molecule has 0 amide bonds. The summed E-state index contributed by atoms with van der Waals surface area (Å²) in [6.45, 7) is 0.739. The molecule has 0 aromatic rings. The minimum absolute atomic E-state index is 0.0185. The summed E-state index contributed by atoms with van der Waals surface area (Å²) in [6.07, 6.45) is -1.58. The second kappa shape index (κ2) is 2.17. The maximum atomic E-state index is 9.20. The van der Waals surface area contributed by atoms with E-state index in [9.17, 15) is 5.11 Å². The molecule has 4 heteroatoms. The average molecular weight is 146 g/mol. The number of fused-ring (bicyclic) bond motifs is 1. The molecule has 0 unspecified atom stereocenters. The van der Waals surface area contributed by atoms with Crippen LogP contribution in [0.3, 0.4) is 0 Å². The van der Waals surface area contributed by atoms with E-state index in [-0.39, 0.29) is 12.0 Å². The standard InChI is InChI=1S/C6H10O4/c7-4-2-9-5-3(4)1-10-6(5)8/h3-8H,1-2H2/t3-,4+,5+,6-/m1/s1. The number of hydrogen-bond donors (Lipinski definition) is 2. The molecule has 0 aromatic carbocycles. The molecule has 2 heterocycles. The number of aliphatic hydroxyl groups is 2. The maximum absolute atomic E-state index is 9.20. The highest BCUT2D eigenvalue weighted by molar-refractivity contribution is 4.89. The zero-order valence-corrected chi connectivity index (χ0v) is 5.43. The van der Waals surface area contributed by atoms with Gasteiger partial charge in [-0.1, -0.05) is 0 Å². The molecule has 4 nitrogen and oxygen atoms in total. The van der Waals surface area contributed by atoms with Crippen LogP contribution in [0, 0.1) is 5.92 Å². The lowest BCUT2D eigenvalue weighted by molar-refractivity contribution is -0.123. The summed E-state index contributed by atoms with van der Waals surface area (Å²) in [6, 6.07) is 0. The quantitative estimate of drug-likeness (QED) is 0.446. The normalized spacial score (nSPS) is 53.4. The highest BCUT2D eigenvalue weighted by Gasteiger charge is 2.46. The van der Waals surface area contributed by atoms with Crippen molar-refractivity contribution in [3.63, 3.8) is 0 Å². The molecule has 0 aromatic heterocycles. The molecule has 58 valence electrons. The Morgan fingerprint density at radius 2 is 1.90 bits per heavy atom. The maximum Gasteiger partial charge on any atom is 0.181 e. The average Bonchev–Trinajstić information content (AvgIpc) is 2.41. The summed E-state index contributed by atoms with van der Waals surface area (Å²) in [5.74, 6) is -0.0185. The largest absolute Gasteiger partial charge is 0.390 e. The van der Waals surface area contributed by atoms with Gasteiger partial charge in [0.15, 0.2) is 6.29 Å². The van der Waals surface area contributed by atoms with Gasteiger partial charge in [-0.3, -0.25) is 0 Å². The van der Waals surface area contributed by atoms with E-state index in [2.05, 4.69) is 0 Å². The van der Waals surface area contributed by atoms with Crippen molar-refractivity contribution in [2.24, 2.45) is 5.92 Å². The number of rotatable bonds is 0. The fourth-order valence-electron chi connectivity index (χ4n) is 1.48. The van der Waals surface area contributed by atoms with Gasteiger partial charge in [-0.2, -0.15) is 0 Å². The molecule has 2 fully saturated rings. The molecule has 4 atom stereocenters. The topological polar surface area (TPSA) is 58.9 Å². The molecule has 0 spiro atoms. The molecule has 2 rings (SSSR count). The minimum Gasteiger partial charge on any atom is -0.390 e. The van der Waals surface area contributed by atoms with Crippen molar-refractivity contribution in [1.82, 2.24) is 0 Å². The Morgan fingerprint density at radius 3 is 2.60 bits per heavy atom. The number of hydrogen-bond acceptors (Lipinski definition) is 4. The molecule has 2 saturated heterocycles. The first kappa shape index (κ1) is 6.54. The van der Waals surface area contributed by atoms with Crippen molar-refractivity contribution >= 4 is 0 Å². The van der Waals surface area contributed by atoms with Gasteiger partial charge in [0, 0.05) is 5.92 Å². The van der Waals surface area contributed by atoms with Gasteiger partial charge in [0.1, 0.15) is 6.10 Å². The Balaban J connectivity index is 2.09. The van der Waals surface area contributed by atoms with E-state index < -0.39 is 12.4 Å². The molecular weight excluding hydrogens is 136 g/mol. The zero-order chi connectivity index (χ0) is 7.14. The van der Waals surface area contributed by atoms with Crippen LogP contribution >= 0.6 is 0 Å². The lowest BCUT2D eigenvalue weighted by Crippen LogP contribution is -2.26. The van der Waals surface area contributed by atoms with Crippen LogP contribution in [0.2, 0.25) is 0 Å². The molecule has 10 heavy (non-hydrogen) atoms. The van der Waals surface area contributed by atoms with Crippen molar-refractivity contribution in [2.75, 3.05) is 13.2 Å². The van der Waals surface area contributed by atoms with Gasteiger partial charge in [-0.25, -0.2) is 0 Å². The van der Waals surface area contributed by atoms with Crippen molar-refractivity contribution in [3.05, 3.63) is 0 Å². The summed E-state index contributed by atoms with van der Waals surface area (Å²) in [5.41, 5.74) is 0. The van der Waals surface area contributed by atoms with Crippen molar-refractivity contribution in [3.8, 4) is 0 Å². The van der Waals surface area contributed by atoms with E-state index in [0.717, 1.165) is 0 Å². The second-order valence-corrected chi connectivity index (χ2v) is 2.75. The molecule has 2 aliphatic rings. The van der Waals surface area contributed by atoms with E-state index in [1.165, 1.54) is 0 Å². The highest BCUT2D eigenvalue weighted by Crippen LogP contribution is 2.30. The lowest BCUT2D eigenvalue weighted by atomic mass is 10.0. The SMILES string of the molecule is O[C@@H]1OC[C@H]2[C@@H]1OC[C@@H]2O. The van der Waals surface area contributed by atoms with Gasteiger partial charge >= 0.3 is 0 Å². The fraction of sp³-hybridized carbons (Fsp3) is 1.00.